The number of pyridine rings is 1. The molecule has 1 aromatic heterocycles. The molecule has 1 aromatic carbocycles. The first-order valence-electron chi connectivity index (χ1n) is 9.08. The van der Waals surface area contributed by atoms with E-state index in [-0.39, 0.29) is 16.8 Å². The number of carbonyl (C=O) groups is 1. The van der Waals surface area contributed by atoms with Gasteiger partial charge in [0, 0.05) is 43.8 Å². The molecule has 8 nitrogen and oxygen atoms in total. The van der Waals surface area contributed by atoms with Crippen molar-refractivity contribution in [1.29, 1.82) is 0 Å². The van der Waals surface area contributed by atoms with Crippen LogP contribution in [0.1, 0.15) is 12.8 Å². The molecule has 2 heterocycles. The van der Waals surface area contributed by atoms with Crippen molar-refractivity contribution < 1.29 is 17.9 Å². The van der Waals surface area contributed by atoms with Crippen LogP contribution in [-0.4, -0.2) is 50.5 Å². The monoisotopic (exact) mass is 404 g/mol. The number of sulfonamides is 1. The average molecular weight is 404 g/mol. The number of ether oxygens (including phenoxy) is 1. The second kappa shape index (κ2) is 9.03. The Hall–Kier alpha value is -2.65. The van der Waals surface area contributed by atoms with Crippen LogP contribution in [0.3, 0.4) is 0 Å². The SMILES string of the molecule is COc1cccc(NC(=O)NCC2CCN(S(=O)(=O)c3cccnc3)CC2)c1. The maximum Gasteiger partial charge on any atom is 0.319 e. The first-order chi connectivity index (χ1) is 13.5. The second-order valence-corrected chi connectivity index (χ2v) is 8.54. The van der Waals surface area contributed by atoms with Gasteiger partial charge in [-0.1, -0.05) is 6.07 Å². The minimum Gasteiger partial charge on any atom is -0.497 e. The molecule has 2 aromatic rings. The molecule has 0 saturated carbocycles. The molecule has 0 bridgehead atoms. The largest absolute Gasteiger partial charge is 0.497 e. The second-order valence-electron chi connectivity index (χ2n) is 6.60. The van der Waals surface area contributed by atoms with Crippen molar-refractivity contribution in [2.24, 2.45) is 5.92 Å². The molecule has 0 unspecified atom stereocenters. The van der Waals surface area contributed by atoms with Crippen LogP contribution in [0.15, 0.2) is 53.7 Å². The number of hydrogen-bond acceptors (Lipinski definition) is 5. The Kier molecular flexibility index (Phi) is 6.48. The van der Waals surface area contributed by atoms with Crippen LogP contribution < -0.4 is 15.4 Å². The van der Waals surface area contributed by atoms with Crippen LogP contribution in [0.25, 0.3) is 0 Å². The highest BCUT2D eigenvalue weighted by molar-refractivity contribution is 7.89. The quantitative estimate of drug-likeness (QED) is 0.770. The van der Waals surface area contributed by atoms with Crippen molar-refractivity contribution in [3.8, 4) is 5.75 Å². The van der Waals surface area contributed by atoms with E-state index in [0.29, 0.717) is 43.9 Å². The van der Waals surface area contributed by atoms with Crippen LogP contribution in [0, 0.1) is 5.92 Å². The van der Waals surface area contributed by atoms with Crippen molar-refractivity contribution in [1.82, 2.24) is 14.6 Å². The van der Waals surface area contributed by atoms with E-state index in [1.807, 2.05) is 0 Å². The molecule has 0 radical (unpaired) electrons. The van der Waals surface area contributed by atoms with Crippen molar-refractivity contribution in [2.45, 2.75) is 17.7 Å². The third kappa shape index (κ3) is 4.99. The highest BCUT2D eigenvalue weighted by Crippen LogP contribution is 2.23. The number of hydrogen-bond donors (Lipinski definition) is 2. The van der Waals surface area contributed by atoms with Gasteiger partial charge in [0.1, 0.15) is 10.6 Å². The van der Waals surface area contributed by atoms with Gasteiger partial charge >= 0.3 is 6.03 Å². The molecule has 0 aliphatic carbocycles. The molecule has 0 spiro atoms. The van der Waals surface area contributed by atoms with Crippen molar-refractivity contribution in [2.75, 3.05) is 32.1 Å². The zero-order valence-corrected chi connectivity index (χ0v) is 16.5. The van der Waals surface area contributed by atoms with Gasteiger partial charge in [0.25, 0.3) is 0 Å². The molecule has 1 aliphatic heterocycles. The fourth-order valence-corrected chi connectivity index (χ4v) is 4.55. The average Bonchev–Trinajstić information content (AvgIpc) is 2.73. The van der Waals surface area contributed by atoms with Gasteiger partial charge in [-0.15, -0.1) is 0 Å². The van der Waals surface area contributed by atoms with Gasteiger partial charge in [-0.05, 0) is 43.0 Å². The van der Waals surface area contributed by atoms with Crippen LogP contribution >= 0.6 is 0 Å². The summed E-state index contributed by atoms with van der Waals surface area (Å²) in [5.41, 5.74) is 0.647. The summed E-state index contributed by atoms with van der Waals surface area (Å²) < 4.78 is 31.8. The van der Waals surface area contributed by atoms with Crippen LogP contribution in [-0.2, 0) is 10.0 Å². The maximum absolute atomic E-state index is 12.6. The maximum atomic E-state index is 12.6. The van der Waals surface area contributed by atoms with E-state index in [9.17, 15) is 13.2 Å². The number of aromatic nitrogens is 1. The number of benzene rings is 1. The molecule has 28 heavy (non-hydrogen) atoms. The molecule has 150 valence electrons. The normalized spacial score (nSPS) is 15.8. The highest BCUT2D eigenvalue weighted by atomic mass is 32.2. The van der Waals surface area contributed by atoms with Crippen molar-refractivity contribution >= 4 is 21.7 Å². The Morgan fingerprint density at radius 1 is 1.25 bits per heavy atom. The standard InChI is InChI=1S/C19H24N4O4S/c1-27-17-5-2-4-16(12-17)22-19(24)21-13-15-7-10-23(11-8-15)28(25,26)18-6-3-9-20-14-18/h2-6,9,12,14-15H,7-8,10-11,13H2,1H3,(H2,21,22,24). The van der Waals surface area contributed by atoms with Crippen molar-refractivity contribution in [3.05, 3.63) is 48.8 Å². The number of rotatable bonds is 6. The molecular weight excluding hydrogens is 380 g/mol. The zero-order chi connectivity index (χ0) is 20.0. The Bertz CT molecular complexity index is 897. The molecule has 3 rings (SSSR count). The summed E-state index contributed by atoms with van der Waals surface area (Å²) >= 11 is 0. The Labute approximate surface area is 165 Å². The number of anilines is 1. The van der Waals surface area contributed by atoms with Gasteiger partial charge < -0.3 is 15.4 Å². The number of amides is 2. The third-order valence-electron chi connectivity index (χ3n) is 4.72. The summed E-state index contributed by atoms with van der Waals surface area (Å²) in [5.74, 6) is 0.899. The number of methoxy groups -OCH3 is 1. The van der Waals surface area contributed by atoms with E-state index in [2.05, 4.69) is 15.6 Å². The van der Waals surface area contributed by atoms with Crippen LogP contribution in [0.2, 0.25) is 0 Å². The Morgan fingerprint density at radius 2 is 2.04 bits per heavy atom. The minimum atomic E-state index is -3.50. The number of carbonyl (C=O) groups excluding carboxylic acids is 1. The fraction of sp³-hybridized carbons (Fsp3) is 0.368. The molecule has 0 atom stereocenters. The lowest BCUT2D eigenvalue weighted by atomic mass is 9.98. The van der Waals surface area contributed by atoms with E-state index < -0.39 is 10.0 Å². The zero-order valence-electron chi connectivity index (χ0n) is 15.7. The topological polar surface area (TPSA) is 101 Å². The first kappa shape index (κ1) is 20.1. The summed E-state index contributed by atoms with van der Waals surface area (Å²) in [6, 6.07) is 10.00. The molecule has 2 N–H and O–H groups in total. The Morgan fingerprint density at radius 3 is 2.71 bits per heavy atom. The number of urea groups is 1. The predicted molar refractivity (Wildman–Crippen MR) is 106 cm³/mol. The number of piperidine rings is 1. The van der Waals surface area contributed by atoms with Crippen LogP contribution in [0.5, 0.6) is 5.75 Å². The van der Waals surface area contributed by atoms with Gasteiger partial charge in [-0.25, -0.2) is 13.2 Å². The lowest BCUT2D eigenvalue weighted by molar-refractivity contribution is 0.240. The van der Waals surface area contributed by atoms with E-state index >= 15 is 0 Å². The lowest BCUT2D eigenvalue weighted by Crippen LogP contribution is -2.42. The van der Waals surface area contributed by atoms with Gasteiger partial charge in [-0.2, -0.15) is 4.31 Å². The van der Waals surface area contributed by atoms with E-state index in [1.165, 1.54) is 10.5 Å². The van der Waals surface area contributed by atoms with Gasteiger partial charge in [-0.3, -0.25) is 4.98 Å². The smallest absolute Gasteiger partial charge is 0.319 e. The van der Waals surface area contributed by atoms with Gasteiger partial charge in [0.05, 0.1) is 7.11 Å². The molecular formula is C19H24N4O4S. The molecule has 1 fully saturated rings. The number of nitrogens with zero attached hydrogens (tertiary/aromatic N) is 2. The third-order valence-corrected chi connectivity index (χ3v) is 6.61. The van der Waals surface area contributed by atoms with Gasteiger partial charge in [0.2, 0.25) is 10.0 Å². The Balaban J connectivity index is 1.46. The molecule has 1 aliphatic rings. The number of nitrogens with one attached hydrogen (secondary N) is 2. The first-order valence-corrected chi connectivity index (χ1v) is 10.5. The summed E-state index contributed by atoms with van der Waals surface area (Å²) in [5, 5.41) is 5.62. The molecule has 9 heteroatoms. The van der Waals surface area contributed by atoms with E-state index in [4.69, 9.17) is 4.74 Å². The summed E-state index contributed by atoms with van der Waals surface area (Å²) in [7, 11) is -1.94. The molecule has 1 saturated heterocycles. The van der Waals surface area contributed by atoms with Crippen molar-refractivity contribution in [3.63, 3.8) is 0 Å². The van der Waals surface area contributed by atoms with E-state index in [1.54, 1.807) is 49.7 Å². The summed E-state index contributed by atoms with van der Waals surface area (Å²) in [6.45, 7) is 1.36. The fourth-order valence-electron chi connectivity index (χ4n) is 3.12. The highest BCUT2D eigenvalue weighted by Gasteiger charge is 2.29. The summed E-state index contributed by atoms with van der Waals surface area (Å²) in [4.78, 5) is 16.2. The minimum absolute atomic E-state index is 0.212. The van der Waals surface area contributed by atoms with E-state index in [0.717, 1.165) is 0 Å². The predicted octanol–water partition coefficient (Wildman–Crippen LogP) is 2.31. The molecule has 2 amide bonds. The lowest BCUT2D eigenvalue weighted by Gasteiger charge is -2.31. The van der Waals surface area contributed by atoms with Crippen LogP contribution in [0.4, 0.5) is 10.5 Å². The summed E-state index contributed by atoms with van der Waals surface area (Å²) in [6.07, 6.45) is 4.30. The van der Waals surface area contributed by atoms with Gasteiger partial charge in [0.15, 0.2) is 0 Å².